The zero-order chi connectivity index (χ0) is 16.2. The highest BCUT2D eigenvalue weighted by atomic mass is 19.3. The third-order valence-corrected chi connectivity index (χ3v) is 3.21. The first kappa shape index (κ1) is 15.1. The normalized spacial score (nSPS) is 12.3. The summed E-state index contributed by atoms with van der Waals surface area (Å²) >= 11 is 0. The summed E-state index contributed by atoms with van der Waals surface area (Å²) in [6.45, 7) is -2.47. The molecule has 0 atom stereocenters. The second-order valence-corrected chi connectivity index (χ2v) is 4.78. The fourth-order valence-electron chi connectivity index (χ4n) is 2.15. The lowest BCUT2D eigenvalue weighted by Crippen LogP contribution is -2.22. The lowest BCUT2D eigenvalue weighted by molar-refractivity contribution is -0.0498. The van der Waals surface area contributed by atoms with Gasteiger partial charge in [0.2, 0.25) is 6.79 Å². The molecule has 0 bridgehead atoms. The van der Waals surface area contributed by atoms with Crippen LogP contribution >= 0.6 is 0 Å². The quantitative estimate of drug-likeness (QED) is 0.920. The van der Waals surface area contributed by atoms with Gasteiger partial charge in [-0.25, -0.2) is 0 Å². The predicted octanol–water partition coefficient (Wildman–Crippen LogP) is 2.95. The van der Waals surface area contributed by atoms with Crippen molar-refractivity contribution >= 4 is 5.91 Å². The van der Waals surface area contributed by atoms with Crippen LogP contribution in [-0.4, -0.2) is 19.3 Å². The second-order valence-electron chi connectivity index (χ2n) is 4.78. The van der Waals surface area contributed by atoms with E-state index < -0.39 is 6.61 Å². The van der Waals surface area contributed by atoms with E-state index in [9.17, 15) is 13.6 Å². The van der Waals surface area contributed by atoms with Crippen LogP contribution in [0.3, 0.4) is 0 Å². The summed E-state index contributed by atoms with van der Waals surface area (Å²) in [6, 6.07) is 11.0. The van der Waals surface area contributed by atoms with Gasteiger partial charge >= 0.3 is 6.61 Å². The summed E-state index contributed by atoms with van der Waals surface area (Å²) in [4.78, 5) is 12.1. The summed E-state index contributed by atoms with van der Waals surface area (Å²) in [7, 11) is 0. The van der Waals surface area contributed by atoms with Crippen molar-refractivity contribution in [2.24, 2.45) is 0 Å². The van der Waals surface area contributed by atoms with E-state index >= 15 is 0 Å². The van der Waals surface area contributed by atoms with Crippen LogP contribution in [0.1, 0.15) is 15.9 Å². The van der Waals surface area contributed by atoms with Gasteiger partial charge in [-0.1, -0.05) is 12.1 Å². The van der Waals surface area contributed by atoms with E-state index in [1.54, 1.807) is 12.1 Å². The maximum Gasteiger partial charge on any atom is 0.387 e. The lowest BCUT2D eigenvalue weighted by Gasteiger charge is -2.08. The molecule has 1 aliphatic rings. The number of alkyl halides is 2. The Morgan fingerprint density at radius 3 is 2.83 bits per heavy atom. The molecule has 120 valence electrons. The van der Waals surface area contributed by atoms with Crippen molar-refractivity contribution in [1.82, 2.24) is 5.32 Å². The van der Waals surface area contributed by atoms with E-state index in [0.717, 1.165) is 5.56 Å². The summed E-state index contributed by atoms with van der Waals surface area (Å²) in [5.41, 5.74) is 1.08. The van der Waals surface area contributed by atoms with Crippen LogP contribution in [0.2, 0.25) is 0 Å². The van der Waals surface area contributed by atoms with Crippen LogP contribution in [0.15, 0.2) is 42.5 Å². The van der Waals surface area contributed by atoms with Crippen molar-refractivity contribution in [1.29, 1.82) is 0 Å². The summed E-state index contributed by atoms with van der Waals surface area (Å²) in [5, 5.41) is 2.71. The van der Waals surface area contributed by atoms with E-state index in [1.165, 1.54) is 24.3 Å². The van der Waals surface area contributed by atoms with Gasteiger partial charge in [-0.2, -0.15) is 8.78 Å². The topological polar surface area (TPSA) is 56.8 Å². The average Bonchev–Trinajstić information content (AvgIpc) is 3.00. The van der Waals surface area contributed by atoms with Crippen LogP contribution in [0.4, 0.5) is 8.78 Å². The molecule has 0 fully saturated rings. The minimum absolute atomic E-state index is 0.0595. The fraction of sp³-hybridized carbons (Fsp3) is 0.188. The Labute approximate surface area is 130 Å². The van der Waals surface area contributed by atoms with Gasteiger partial charge in [0.15, 0.2) is 11.5 Å². The molecule has 0 unspecified atom stereocenters. The Hall–Kier alpha value is -2.83. The summed E-state index contributed by atoms with van der Waals surface area (Å²) < 4.78 is 39.1. The van der Waals surface area contributed by atoms with Crippen molar-refractivity contribution in [2.75, 3.05) is 6.79 Å². The largest absolute Gasteiger partial charge is 0.454 e. The van der Waals surface area contributed by atoms with E-state index in [1.807, 2.05) is 6.07 Å². The highest BCUT2D eigenvalue weighted by molar-refractivity contribution is 5.94. The van der Waals surface area contributed by atoms with Crippen molar-refractivity contribution in [3.63, 3.8) is 0 Å². The highest BCUT2D eigenvalue weighted by Crippen LogP contribution is 2.32. The number of hydrogen-bond acceptors (Lipinski definition) is 4. The van der Waals surface area contributed by atoms with Gasteiger partial charge in [0.25, 0.3) is 5.91 Å². The molecule has 0 saturated heterocycles. The molecule has 0 saturated carbocycles. The molecule has 5 nitrogen and oxygen atoms in total. The molecule has 0 aromatic heterocycles. The SMILES string of the molecule is O=C(NCc1ccc2c(c1)OCO2)c1cccc(OC(F)F)c1. The Balaban J connectivity index is 1.63. The minimum atomic E-state index is -2.93. The number of benzene rings is 2. The second kappa shape index (κ2) is 6.51. The Bertz CT molecular complexity index is 721. The first-order valence-electron chi connectivity index (χ1n) is 6.83. The maximum absolute atomic E-state index is 12.2. The molecule has 0 aliphatic carbocycles. The first-order valence-corrected chi connectivity index (χ1v) is 6.83. The number of ether oxygens (including phenoxy) is 3. The maximum atomic E-state index is 12.2. The minimum Gasteiger partial charge on any atom is -0.454 e. The number of rotatable bonds is 5. The molecular weight excluding hydrogens is 308 g/mol. The van der Waals surface area contributed by atoms with Crippen LogP contribution in [0, 0.1) is 0 Å². The van der Waals surface area contributed by atoms with Gasteiger partial charge < -0.3 is 19.5 Å². The lowest BCUT2D eigenvalue weighted by atomic mass is 10.1. The molecule has 23 heavy (non-hydrogen) atoms. The number of nitrogens with one attached hydrogen (secondary N) is 1. The molecule has 2 aromatic rings. The molecule has 1 aliphatic heterocycles. The van der Waals surface area contributed by atoms with Crippen LogP contribution < -0.4 is 19.5 Å². The van der Waals surface area contributed by atoms with Crippen molar-refractivity contribution in [3.8, 4) is 17.2 Å². The molecule has 7 heteroatoms. The number of carbonyl (C=O) groups is 1. The molecule has 1 heterocycles. The number of fused-ring (bicyclic) bond motifs is 1. The molecule has 1 N–H and O–H groups in total. The van der Waals surface area contributed by atoms with Gasteiger partial charge in [-0.05, 0) is 35.9 Å². The third kappa shape index (κ3) is 3.68. The standard InChI is InChI=1S/C16H13F2NO4/c17-16(18)23-12-3-1-2-11(7-12)15(20)19-8-10-4-5-13-14(6-10)22-9-21-13/h1-7,16H,8-9H2,(H,19,20). The zero-order valence-electron chi connectivity index (χ0n) is 11.9. The van der Waals surface area contributed by atoms with Crippen LogP contribution in [0.5, 0.6) is 17.2 Å². The van der Waals surface area contributed by atoms with E-state index in [-0.39, 0.29) is 30.6 Å². The van der Waals surface area contributed by atoms with E-state index in [0.29, 0.717) is 11.5 Å². The monoisotopic (exact) mass is 321 g/mol. The summed E-state index contributed by atoms with van der Waals surface area (Å²) in [6.07, 6.45) is 0. The van der Waals surface area contributed by atoms with E-state index in [2.05, 4.69) is 10.1 Å². The van der Waals surface area contributed by atoms with Gasteiger partial charge in [0, 0.05) is 12.1 Å². The number of hydrogen-bond donors (Lipinski definition) is 1. The Kier molecular flexibility index (Phi) is 4.27. The first-order chi connectivity index (χ1) is 11.1. The molecular formula is C16H13F2NO4. The zero-order valence-corrected chi connectivity index (χ0v) is 11.9. The molecule has 0 radical (unpaired) electrons. The third-order valence-electron chi connectivity index (χ3n) is 3.21. The Morgan fingerprint density at radius 2 is 2.00 bits per heavy atom. The number of amides is 1. The van der Waals surface area contributed by atoms with Gasteiger partial charge in [0.1, 0.15) is 5.75 Å². The summed E-state index contributed by atoms with van der Waals surface area (Å²) in [5.74, 6) is 0.846. The average molecular weight is 321 g/mol. The molecule has 3 rings (SSSR count). The van der Waals surface area contributed by atoms with Gasteiger partial charge in [0.05, 0.1) is 0 Å². The predicted molar refractivity (Wildman–Crippen MR) is 76.8 cm³/mol. The van der Waals surface area contributed by atoms with E-state index in [4.69, 9.17) is 9.47 Å². The van der Waals surface area contributed by atoms with Crippen molar-refractivity contribution in [3.05, 3.63) is 53.6 Å². The van der Waals surface area contributed by atoms with Crippen molar-refractivity contribution < 1.29 is 27.8 Å². The molecule has 0 spiro atoms. The van der Waals surface area contributed by atoms with Crippen LogP contribution in [-0.2, 0) is 6.54 Å². The number of halogens is 2. The Morgan fingerprint density at radius 1 is 1.17 bits per heavy atom. The van der Waals surface area contributed by atoms with Gasteiger partial charge in [-0.15, -0.1) is 0 Å². The molecule has 1 amide bonds. The van der Waals surface area contributed by atoms with Crippen molar-refractivity contribution in [2.45, 2.75) is 13.2 Å². The highest BCUT2D eigenvalue weighted by Gasteiger charge is 2.14. The fourth-order valence-corrected chi connectivity index (χ4v) is 2.15. The molecule has 2 aromatic carbocycles. The van der Waals surface area contributed by atoms with Gasteiger partial charge in [-0.3, -0.25) is 4.79 Å². The smallest absolute Gasteiger partial charge is 0.387 e. The number of carbonyl (C=O) groups excluding carboxylic acids is 1. The van der Waals surface area contributed by atoms with Crippen LogP contribution in [0.25, 0.3) is 0 Å².